The molecular weight excluding hydrogens is 266 g/mol. The van der Waals surface area contributed by atoms with Gasteiger partial charge in [0.25, 0.3) is 0 Å². The van der Waals surface area contributed by atoms with Crippen LogP contribution in [0, 0.1) is 0 Å². The van der Waals surface area contributed by atoms with Crippen LogP contribution in [0.15, 0.2) is 17.1 Å². The van der Waals surface area contributed by atoms with Gasteiger partial charge in [0.15, 0.2) is 0 Å². The van der Waals surface area contributed by atoms with Gasteiger partial charge in [-0.3, -0.25) is 0 Å². The minimum atomic E-state index is -0.626. The topological polar surface area (TPSA) is 47.9 Å². The van der Waals surface area contributed by atoms with Crippen molar-refractivity contribution < 1.29 is 14.3 Å². The Morgan fingerprint density at radius 3 is 2.32 bits per heavy atom. The number of nitrogens with zero attached hydrogens (tertiary/aromatic N) is 1. The van der Waals surface area contributed by atoms with Crippen molar-refractivity contribution in [3.05, 3.63) is 22.7 Å². The molecule has 1 aromatic carbocycles. The molecule has 0 unspecified atom stereocenters. The minimum Gasteiger partial charge on any atom is -0.496 e. The normalized spacial score (nSPS) is 16.8. The lowest BCUT2D eigenvalue weighted by Crippen LogP contribution is -2.21. The van der Waals surface area contributed by atoms with Crippen LogP contribution in [0.1, 0.15) is 31.2 Å². The number of isocyanates is 1. The van der Waals surface area contributed by atoms with Crippen molar-refractivity contribution in [3.63, 3.8) is 0 Å². The summed E-state index contributed by atoms with van der Waals surface area (Å²) in [7, 11) is 3.14. The highest BCUT2D eigenvalue weighted by atomic mass is 35.5. The van der Waals surface area contributed by atoms with Gasteiger partial charge < -0.3 is 9.47 Å². The van der Waals surface area contributed by atoms with Gasteiger partial charge in [0, 0.05) is 5.56 Å². The van der Waals surface area contributed by atoms with Crippen molar-refractivity contribution in [2.45, 2.75) is 31.2 Å². The molecule has 0 aromatic heterocycles. The van der Waals surface area contributed by atoms with E-state index in [0.29, 0.717) is 16.5 Å². The smallest absolute Gasteiger partial charge is 0.235 e. The van der Waals surface area contributed by atoms with Crippen LogP contribution in [0.4, 0.5) is 0 Å². The molecule has 1 aliphatic carbocycles. The summed E-state index contributed by atoms with van der Waals surface area (Å²) in [5, 5.41) is 0.461. The molecule has 1 saturated carbocycles. The molecule has 102 valence electrons. The zero-order valence-corrected chi connectivity index (χ0v) is 11.8. The fourth-order valence-corrected chi connectivity index (χ4v) is 3.17. The number of hydrogen-bond acceptors (Lipinski definition) is 4. The number of methoxy groups -OCH3 is 2. The van der Waals surface area contributed by atoms with Crippen molar-refractivity contribution >= 4 is 17.7 Å². The molecule has 0 radical (unpaired) electrons. The van der Waals surface area contributed by atoms with E-state index in [4.69, 9.17) is 21.1 Å². The van der Waals surface area contributed by atoms with E-state index in [0.717, 1.165) is 31.2 Å². The van der Waals surface area contributed by atoms with Gasteiger partial charge in [0.1, 0.15) is 17.0 Å². The lowest BCUT2D eigenvalue weighted by Gasteiger charge is -2.26. The Labute approximate surface area is 117 Å². The second kappa shape index (κ2) is 5.64. The molecule has 0 aliphatic heterocycles. The van der Waals surface area contributed by atoms with E-state index in [9.17, 15) is 4.79 Å². The summed E-state index contributed by atoms with van der Waals surface area (Å²) in [5.74, 6) is 1.19. The first kappa shape index (κ1) is 13.9. The highest BCUT2D eigenvalue weighted by molar-refractivity contribution is 6.33. The predicted molar refractivity (Wildman–Crippen MR) is 72.8 cm³/mol. The van der Waals surface area contributed by atoms with Crippen LogP contribution in [-0.4, -0.2) is 20.3 Å². The molecule has 2 rings (SSSR count). The zero-order chi connectivity index (χ0) is 13.9. The average molecular weight is 282 g/mol. The second-order valence-electron chi connectivity index (χ2n) is 4.60. The van der Waals surface area contributed by atoms with Gasteiger partial charge in [-0.25, -0.2) is 4.79 Å². The summed E-state index contributed by atoms with van der Waals surface area (Å²) in [4.78, 5) is 14.8. The number of halogens is 1. The van der Waals surface area contributed by atoms with Crippen LogP contribution in [0.3, 0.4) is 0 Å². The number of benzene rings is 1. The summed E-state index contributed by atoms with van der Waals surface area (Å²) in [5.41, 5.74) is 0.107. The fourth-order valence-electron chi connectivity index (χ4n) is 2.77. The van der Waals surface area contributed by atoms with Crippen LogP contribution in [0.25, 0.3) is 0 Å². The Kier molecular flexibility index (Phi) is 4.13. The molecule has 0 amide bonds. The van der Waals surface area contributed by atoms with Gasteiger partial charge in [0.05, 0.1) is 19.2 Å². The summed E-state index contributed by atoms with van der Waals surface area (Å²) in [6, 6.07) is 3.54. The van der Waals surface area contributed by atoms with E-state index in [1.807, 2.05) is 0 Å². The minimum absolute atomic E-state index is 0.461. The van der Waals surface area contributed by atoms with Crippen LogP contribution in [0.2, 0.25) is 5.02 Å². The van der Waals surface area contributed by atoms with E-state index in [1.54, 1.807) is 32.4 Å². The molecular formula is C14H16ClNO3. The summed E-state index contributed by atoms with van der Waals surface area (Å²) in [6.45, 7) is 0. The molecule has 0 saturated heterocycles. The predicted octanol–water partition coefficient (Wildman–Crippen LogP) is 3.46. The maximum atomic E-state index is 10.8. The fraction of sp³-hybridized carbons (Fsp3) is 0.500. The molecule has 5 heteroatoms. The van der Waals surface area contributed by atoms with E-state index in [2.05, 4.69) is 4.99 Å². The lowest BCUT2D eigenvalue weighted by molar-refractivity contribution is 0.372. The lowest BCUT2D eigenvalue weighted by atomic mass is 9.88. The Balaban J connectivity index is 2.67. The third kappa shape index (κ3) is 2.34. The molecule has 4 nitrogen and oxygen atoms in total. The third-order valence-electron chi connectivity index (χ3n) is 3.66. The molecule has 0 heterocycles. The average Bonchev–Trinajstić information content (AvgIpc) is 2.88. The molecule has 1 aromatic rings. The number of hydrogen-bond donors (Lipinski definition) is 0. The highest BCUT2D eigenvalue weighted by Gasteiger charge is 2.40. The highest BCUT2D eigenvalue weighted by Crippen LogP contribution is 2.50. The Morgan fingerprint density at radius 2 is 1.79 bits per heavy atom. The maximum Gasteiger partial charge on any atom is 0.235 e. The van der Waals surface area contributed by atoms with Gasteiger partial charge in [-0.15, -0.1) is 0 Å². The number of carbonyl (C=O) groups excluding carboxylic acids is 1. The van der Waals surface area contributed by atoms with Gasteiger partial charge in [-0.2, -0.15) is 4.99 Å². The van der Waals surface area contributed by atoms with Gasteiger partial charge in [0.2, 0.25) is 6.08 Å². The maximum absolute atomic E-state index is 10.8. The van der Waals surface area contributed by atoms with Crippen LogP contribution in [-0.2, 0) is 10.3 Å². The summed E-state index contributed by atoms with van der Waals surface area (Å²) in [6.07, 6.45) is 5.23. The van der Waals surface area contributed by atoms with Crippen molar-refractivity contribution in [1.29, 1.82) is 0 Å². The van der Waals surface area contributed by atoms with E-state index in [-0.39, 0.29) is 0 Å². The number of ether oxygens (including phenoxy) is 2. The van der Waals surface area contributed by atoms with Gasteiger partial charge >= 0.3 is 0 Å². The Bertz CT molecular complexity index is 518. The van der Waals surface area contributed by atoms with E-state index >= 15 is 0 Å². The summed E-state index contributed by atoms with van der Waals surface area (Å²) >= 11 is 6.40. The number of aliphatic imine (C=N–C) groups is 1. The van der Waals surface area contributed by atoms with Crippen molar-refractivity contribution in [2.24, 2.45) is 4.99 Å². The molecule has 1 aliphatic rings. The van der Waals surface area contributed by atoms with Crippen molar-refractivity contribution in [2.75, 3.05) is 14.2 Å². The van der Waals surface area contributed by atoms with Crippen LogP contribution < -0.4 is 9.47 Å². The molecule has 1 fully saturated rings. The van der Waals surface area contributed by atoms with Gasteiger partial charge in [-0.05, 0) is 25.0 Å². The molecule has 0 N–H and O–H groups in total. The molecule has 0 atom stereocenters. The quantitative estimate of drug-likeness (QED) is 0.627. The van der Waals surface area contributed by atoms with Crippen molar-refractivity contribution in [1.82, 2.24) is 0 Å². The van der Waals surface area contributed by atoms with Crippen LogP contribution in [0.5, 0.6) is 11.5 Å². The number of rotatable bonds is 4. The first-order chi connectivity index (χ1) is 9.18. The Hall–Kier alpha value is -1.51. The summed E-state index contributed by atoms with van der Waals surface area (Å²) < 4.78 is 10.6. The van der Waals surface area contributed by atoms with Crippen molar-refractivity contribution in [3.8, 4) is 11.5 Å². The van der Waals surface area contributed by atoms with Gasteiger partial charge in [-0.1, -0.05) is 24.4 Å². The monoisotopic (exact) mass is 281 g/mol. The SMILES string of the molecule is COc1ccc(OC)c(C2(N=C=O)CCCC2)c1Cl. The zero-order valence-electron chi connectivity index (χ0n) is 11.0. The first-order valence-electron chi connectivity index (χ1n) is 6.18. The first-order valence-corrected chi connectivity index (χ1v) is 6.56. The van der Waals surface area contributed by atoms with E-state index in [1.165, 1.54) is 0 Å². The third-order valence-corrected chi connectivity index (χ3v) is 4.04. The molecule has 0 spiro atoms. The standard InChI is InChI=1S/C14H16ClNO3/c1-18-10-5-6-11(19-2)13(15)12(10)14(16-9-17)7-3-4-8-14/h5-6H,3-4,7-8H2,1-2H3. The largest absolute Gasteiger partial charge is 0.496 e. The molecule has 19 heavy (non-hydrogen) atoms. The van der Waals surface area contributed by atoms with E-state index < -0.39 is 5.54 Å². The molecule has 0 bridgehead atoms. The van der Waals surface area contributed by atoms with Crippen LogP contribution >= 0.6 is 11.6 Å². The Morgan fingerprint density at radius 1 is 1.21 bits per heavy atom. The second-order valence-corrected chi connectivity index (χ2v) is 4.98.